The second kappa shape index (κ2) is 8.53. The molecule has 1 saturated carbocycles. The van der Waals surface area contributed by atoms with Crippen molar-refractivity contribution in [3.63, 3.8) is 0 Å². The Kier molecular flexibility index (Phi) is 7.03. The minimum absolute atomic E-state index is 0.785. The Labute approximate surface area is 124 Å². The number of thioether (sulfide) groups is 1. The number of nitrogens with zero attached hydrogens (tertiary/aromatic N) is 1. The molecule has 2 nitrogen and oxygen atoms in total. The van der Waals surface area contributed by atoms with Gasteiger partial charge in [-0.15, -0.1) is 0 Å². The van der Waals surface area contributed by atoms with Crippen LogP contribution in [0.1, 0.15) is 46.0 Å². The highest BCUT2D eigenvalue weighted by molar-refractivity contribution is 7.99. The van der Waals surface area contributed by atoms with Crippen molar-refractivity contribution in [3.05, 3.63) is 0 Å². The first-order chi connectivity index (χ1) is 9.33. The van der Waals surface area contributed by atoms with Crippen LogP contribution in [0, 0.1) is 11.8 Å². The fourth-order valence-corrected chi connectivity index (χ4v) is 4.86. The van der Waals surface area contributed by atoms with Crippen LogP contribution in [-0.2, 0) is 0 Å². The summed E-state index contributed by atoms with van der Waals surface area (Å²) in [5, 5.41) is 3.75. The Balaban J connectivity index is 1.86. The quantitative estimate of drug-likeness (QED) is 0.806. The molecule has 3 unspecified atom stereocenters. The molecule has 1 N–H and O–H groups in total. The Bertz CT molecular complexity index is 241. The minimum Gasteiger partial charge on any atom is -0.314 e. The number of hydrogen-bond acceptors (Lipinski definition) is 3. The molecule has 1 aliphatic carbocycles. The van der Waals surface area contributed by atoms with Gasteiger partial charge >= 0.3 is 0 Å². The van der Waals surface area contributed by atoms with Gasteiger partial charge in [0.2, 0.25) is 0 Å². The van der Waals surface area contributed by atoms with Crippen LogP contribution in [-0.4, -0.2) is 48.6 Å². The van der Waals surface area contributed by atoms with Crippen molar-refractivity contribution in [3.8, 4) is 0 Å². The van der Waals surface area contributed by atoms with E-state index in [2.05, 4.69) is 35.8 Å². The third kappa shape index (κ3) is 4.95. The van der Waals surface area contributed by atoms with Gasteiger partial charge in [-0.3, -0.25) is 0 Å². The molecule has 2 aliphatic rings. The lowest BCUT2D eigenvalue weighted by Crippen LogP contribution is -2.47. The van der Waals surface area contributed by atoms with E-state index in [9.17, 15) is 0 Å². The van der Waals surface area contributed by atoms with E-state index in [1.165, 1.54) is 63.2 Å². The molecule has 0 aromatic rings. The summed E-state index contributed by atoms with van der Waals surface area (Å²) in [6, 6.07) is 0.785. The molecular formula is C16H32N2S. The van der Waals surface area contributed by atoms with Gasteiger partial charge in [-0.25, -0.2) is 0 Å². The van der Waals surface area contributed by atoms with Crippen molar-refractivity contribution in [1.82, 2.24) is 10.2 Å². The normalized spacial score (nSPS) is 33.5. The van der Waals surface area contributed by atoms with Crippen molar-refractivity contribution in [2.75, 3.05) is 37.7 Å². The molecule has 0 aromatic heterocycles. The van der Waals surface area contributed by atoms with Crippen LogP contribution in [0.4, 0.5) is 0 Å². The molecule has 3 atom stereocenters. The third-order valence-electron chi connectivity index (χ3n) is 4.85. The van der Waals surface area contributed by atoms with Gasteiger partial charge in [-0.2, -0.15) is 11.8 Å². The van der Waals surface area contributed by atoms with Crippen molar-refractivity contribution < 1.29 is 0 Å². The van der Waals surface area contributed by atoms with Gasteiger partial charge in [0.15, 0.2) is 0 Å². The lowest BCUT2D eigenvalue weighted by atomic mass is 9.76. The molecular weight excluding hydrogens is 252 g/mol. The smallest absolute Gasteiger partial charge is 0.0108 e. The van der Waals surface area contributed by atoms with Gasteiger partial charge < -0.3 is 10.2 Å². The van der Waals surface area contributed by atoms with Crippen LogP contribution in [0.15, 0.2) is 0 Å². The number of hydrogen-bond donors (Lipinski definition) is 1. The molecule has 0 amide bonds. The largest absolute Gasteiger partial charge is 0.314 e. The lowest BCUT2D eigenvalue weighted by Gasteiger charge is -2.40. The Morgan fingerprint density at radius 1 is 1.16 bits per heavy atom. The molecule has 1 saturated heterocycles. The summed E-state index contributed by atoms with van der Waals surface area (Å²) < 4.78 is 0. The van der Waals surface area contributed by atoms with Crippen molar-refractivity contribution in [2.45, 2.75) is 52.0 Å². The summed E-state index contributed by atoms with van der Waals surface area (Å²) in [4.78, 5) is 2.72. The van der Waals surface area contributed by atoms with E-state index in [0.29, 0.717) is 0 Å². The number of rotatable bonds is 6. The van der Waals surface area contributed by atoms with Gasteiger partial charge in [-0.05, 0) is 37.6 Å². The summed E-state index contributed by atoms with van der Waals surface area (Å²) in [6.07, 6.45) is 7.15. The SMILES string of the molecule is CCCC1CCC(NCC)C(CN2CCSCC2)C1. The molecule has 19 heavy (non-hydrogen) atoms. The van der Waals surface area contributed by atoms with E-state index in [0.717, 1.165) is 24.4 Å². The van der Waals surface area contributed by atoms with Crippen molar-refractivity contribution >= 4 is 11.8 Å². The highest BCUT2D eigenvalue weighted by atomic mass is 32.2. The van der Waals surface area contributed by atoms with Crippen LogP contribution in [0.2, 0.25) is 0 Å². The van der Waals surface area contributed by atoms with Crippen molar-refractivity contribution in [2.24, 2.45) is 11.8 Å². The zero-order valence-electron chi connectivity index (χ0n) is 12.9. The summed E-state index contributed by atoms with van der Waals surface area (Å²) >= 11 is 2.12. The summed E-state index contributed by atoms with van der Waals surface area (Å²) in [6.45, 7) is 9.71. The average molecular weight is 285 g/mol. The molecule has 3 heteroatoms. The fraction of sp³-hybridized carbons (Fsp3) is 1.00. The standard InChI is InChI=1S/C16H32N2S/c1-3-5-14-6-7-16(17-4-2)15(12-14)13-18-8-10-19-11-9-18/h14-17H,3-13H2,1-2H3. The molecule has 2 rings (SSSR count). The number of nitrogens with one attached hydrogen (secondary N) is 1. The Morgan fingerprint density at radius 3 is 2.63 bits per heavy atom. The van der Waals surface area contributed by atoms with E-state index in [1.807, 2.05) is 0 Å². The second-order valence-corrected chi connectivity index (χ2v) is 7.53. The molecule has 2 fully saturated rings. The average Bonchev–Trinajstić information content (AvgIpc) is 2.43. The first-order valence-corrected chi connectivity index (χ1v) is 9.52. The zero-order valence-corrected chi connectivity index (χ0v) is 13.7. The van der Waals surface area contributed by atoms with Crippen LogP contribution < -0.4 is 5.32 Å². The van der Waals surface area contributed by atoms with E-state index in [-0.39, 0.29) is 0 Å². The van der Waals surface area contributed by atoms with Gasteiger partial charge in [0.1, 0.15) is 0 Å². The van der Waals surface area contributed by atoms with E-state index >= 15 is 0 Å². The van der Waals surface area contributed by atoms with E-state index in [1.54, 1.807) is 0 Å². The van der Waals surface area contributed by atoms with Crippen LogP contribution in [0.25, 0.3) is 0 Å². The predicted octanol–water partition coefficient (Wildman–Crippen LogP) is 3.23. The highest BCUT2D eigenvalue weighted by Crippen LogP contribution is 2.33. The lowest BCUT2D eigenvalue weighted by molar-refractivity contribution is 0.142. The van der Waals surface area contributed by atoms with Gasteiger partial charge in [-0.1, -0.05) is 26.7 Å². The minimum atomic E-state index is 0.785. The van der Waals surface area contributed by atoms with Gasteiger partial charge in [0.25, 0.3) is 0 Å². The molecule has 0 radical (unpaired) electrons. The third-order valence-corrected chi connectivity index (χ3v) is 5.79. The van der Waals surface area contributed by atoms with Gasteiger partial charge in [0, 0.05) is 37.2 Å². The summed E-state index contributed by atoms with van der Waals surface area (Å²) in [5.74, 6) is 4.59. The zero-order chi connectivity index (χ0) is 13.5. The molecule has 0 bridgehead atoms. The maximum atomic E-state index is 3.75. The molecule has 112 valence electrons. The molecule has 1 aliphatic heterocycles. The summed E-state index contributed by atoms with van der Waals surface area (Å²) in [5.41, 5.74) is 0. The van der Waals surface area contributed by atoms with E-state index < -0.39 is 0 Å². The van der Waals surface area contributed by atoms with E-state index in [4.69, 9.17) is 0 Å². The van der Waals surface area contributed by atoms with Crippen LogP contribution >= 0.6 is 11.8 Å². The predicted molar refractivity (Wildman–Crippen MR) is 87.0 cm³/mol. The maximum Gasteiger partial charge on any atom is 0.0108 e. The molecule has 1 heterocycles. The highest BCUT2D eigenvalue weighted by Gasteiger charge is 2.31. The van der Waals surface area contributed by atoms with Crippen LogP contribution in [0.5, 0.6) is 0 Å². The fourth-order valence-electron chi connectivity index (χ4n) is 3.88. The monoisotopic (exact) mass is 284 g/mol. The summed E-state index contributed by atoms with van der Waals surface area (Å²) in [7, 11) is 0. The van der Waals surface area contributed by atoms with Gasteiger partial charge in [0.05, 0.1) is 0 Å². The maximum absolute atomic E-state index is 3.75. The first kappa shape index (κ1) is 15.7. The Hall–Kier alpha value is 0.270. The second-order valence-electron chi connectivity index (χ2n) is 6.30. The Morgan fingerprint density at radius 2 is 1.95 bits per heavy atom. The first-order valence-electron chi connectivity index (χ1n) is 8.37. The molecule has 0 spiro atoms. The van der Waals surface area contributed by atoms with Crippen LogP contribution in [0.3, 0.4) is 0 Å². The molecule has 0 aromatic carbocycles. The topological polar surface area (TPSA) is 15.3 Å². The van der Waals surface area contributed by atoms with Crippen molar-refractivity contribution in [1.29, 1.82) is 0 Å².